The average Bonchev–Trinajstić information content (AvgIpc) is 3.83. The minimum atomic E-state index is -2.33. The standard InChI is InChI=1S/C55H57N5O15S2/c1-28-22-31(24-35(56)46(28)63)73-38-26-55(69,25-34-42(38)50(67)44-43(48(34)65)47(64)33-11-6-13-37(70-2)41(33)49(44)66)39(61)27-72-40(62)14-7-20-76-77-21-15-57-54(68)74-30-9-5-8-29(23-30)52-58-45-32-10-3-4-12-36(32)75-51(45)53(59-52)60-16-18-71-19-17-60/h3-6,8-13,23,28,31,35,38,46,63,65,67,69H,7,14-22,24-27,56H2,1-2H3,(H,57,68)/t28-,31?,35+,38?,46-,55+/m1/s1. The number of aromatic nitrogens is 2. The number of benzene rings is 4. The van der Waals surface area contributed by atoms with Gasteiger partial charge in [-0.05, 0) is 55.5 Å². The topological polar surface area (TPSA) is 293 Å². The number of carbonyl (C=O) groups excluding carboxylic acids is 5. The van der Waals surface area contributed by atoms with Crippen LogP contribution in [-0.4, -0.2) is 142 Å². The number of ether oxygens (including phenoxy) is 5. The van der Waals surface area contributed by atoms with Crippen molar-refractivity contribution in [3.63, 3.8) is 0 Å². The van der Waals surface area contributed by atoms with Crippen LogP contribution in [0.25, 0.3) is 33.5 Å². The number of amides is 1. The van der Waals surface area contributed by atoms with E-state index in [9.17, 15) is 44.4 Å². The molecule has 6 aromatic rings. The van der Waals surface area contributed by atoms with Crippen molar-refractivity contribution in [3.05, 3.63) is 100 Å². The molecule has 1 amide bonds. The number of nitrogens with one attached hydrogen (secondary N) is 1. The van der Waals surface area contributed by atoms with Gasteiger partial charge < -0.3 is 64.5 Å². The fraction of sp³-hybridized carbons (Fsp3) is 0.400. The number of methoxy groups -OCH3 is 1. The molecule has 2 unspecified atom stereocenters. The lowest BCUT2D eigenvalue weighted by molar-refractivity contribution is -0.160. The van der Waals surface area contributed by atoms with E-state index in [0.29, 0.717) is 96.8 Å². The Bertz CT molecular complexity index is 3280. The van der Waals surface area contributed by atoms with Crippen LogP contribution < -0.4 is 25.4 Å². The monoisotopic (exact) mass is 1090 g/mol. The summed E-state index contributed by atoms with van der Waals surface area (Å²) in [5.41, 5.74) is 5.15. The Hall–Kier alpha value is -6.79. The first-order valence-electron chi connectivity index (χ1n) is 25.3. The minimum absolute atomic E-state index is 0.0429. The number of phenols is 2. The molecule has 6 atom stereocenters. The maximum absolute atomic E-state index is 14.1. The van der Waals surface area contributed by atoms with Crippen molar-refractivity contribution in [3.8, 4) is 34.4 Å². The molecule has 0 spiro atoms. The maximum atomic E-state index is 14.1. The van der Waals surface area contributed by atoms with E-state index in [1.54, 1.807) is 25.1 Å². The van der Waals surface area contributed by atoms with Crippen molar-refractivity contribution in [1.29, 1.82) is 0 Å². The Balaban J connectivity index is 0.709. The Morgan fingerprint density at radius 1 is 0.935 bits per heavy atom. The number of aromatic hydroxyl groups is 2. The Morgan fingerprint density at radius 2 is 1.70 bits per heavy atom. The molecule has 22 heteroatoms. The number of phenolic OH excluding ortho intramolecular Hbond substituents is 2. The molecule has 0 radical (unpaired) electrons. The molecule has 10 rings (SSSR count). The van der Waals surface area contributed by atoms with Gasteiger partial charge in [0.05, 0.1) is 55.3 Å². The first-order valence-corrected chi connectivity index (χ1v) is 27.8. The number of aliphatic hydroxyl groups is 2. The molecule has 0 bridgehead atoms. The number of Topliss-reactive ketones (excluding diaryl/α,β-unsaturated/α-hetero) is 1. The zero-order valence-corrected chi connectivity index (χ0v) is 43.8. The van der Waals surface area contributed by atoms with Gasteiger partial charge in [0.2, 0.25) is 11.6 Å². The molecule has 1 saturated heterocycles. The van der Waals surface area contributed by atoms with Crippen LogP contribution in [-0.2, 0) is 30.2 Å². The van der Waals surface area contributed by atoms with Gasteiger partial charge in [0, 0.05) is 84.1 Å². The van der Waals surface area contributed by atoms with Gasteiger partial charge in [-0.25, -0.2) is 14.8 Å². The lowest BCUT2D eigenvalue weighted by atomic mass is 9.71. The van der Waals surface area contributed by atoms with Gasteiger partial charge >= 0.3 is 12.1 Å². The number of nitrogens with zero attached hydrogens (tertiary/aromatic N) is 3. The van der Waals surface area contributed by atoms with E-state index >= 15 is 0 Å². The number of fused-ring (bicyclic) bond motifs is 6. The number of esters is 1. The maximum Gasteiger partial charge on any atom is 0.412 e. The number of anilines is 1. The van der Waals surface area contributed by atoms with E-state index in [-0.39, 0.29) is 46.8 Å². The van der Waals surface area contributed by atoms with Gasteiger partial charge in [-0.1, -0.05) is 64.9 Å². The lowest BCUT2D eigenvalue weighted by Crippen LogP contribution is -2.50. The zero-order valence-electron chi connectivity index (χ0n) is 42.2. The summed E-state index contributed by atoms with van der Waals surface area (Å²) in [6, 6.07) is 18.4. The van der Waals surface area contributed by atoms with Gasteiger partial charge in [-0.2, -0.15) is 0 Å². The number of para-hydroxylation sites is 1. The highest BCUT2D eigenvalue weighted by atomic mass is 33.1. The second kappa shape index (κ2) is 22.7. The molecule has 1 aliphatic heterocycles. The van der Waals surface area contributed by atoms with Crippen molar-refractivity contribution in [2.45, 2.75) is 75.4 Å². The molecule has 3 heterocycles. The van der Waals surface area contributed by atoms with Crippen molar-refractivity contribution >= 4 is 78.9 Å². The quantitative estimate of drug-likeness (QED) is 0.0250. The van der Waals surface area contributed by atoms with Crippen LogP contribution >= 0.6 is 21.6 Å². The van der Waals surface area contributed by atoms with Crippen LogP contribution in [0, 0.1) is 5.92 Å². The van der Waals surface area contributed by atoms with E-state index in [1.165, 1.54) is 46.9 Å². The molecular weight excluding hydrogens is 1030 g/mol. The SMILES string of the molecule is COc1cccc2c1C(=O)c1c(O)c3c(c(O)c1C2=O)C[C@@](O)(C(=O)COC(=O)CCCSSCCNC(=O)Oc1cccc(-c2nc(N4CCOCC4)c4oc5ccccc5c4n2)c1)CC3OC1C[C@@H](C)[C@@H](O)[C@@H](N)C1. The summed E-state index contributed by atoms with van der Waals surface area (Å²) in [6.45, 7) is 3.68. The summed E-state index contributed by atoms with van der Waals surface area (Å²) in [6.07, 6.45) is -3.66. The lowest BCUT2D eigenvalue weighted by Gasteiger charge is -2.42. The Morgan fingerprint density at radius 3 is 2.49 bits per heavy atom. The zero-order chi connectivity index (χ0) is 54.1. The first kappa shape index (κ1) is 53.6. The molecule has 1 saturated carbocycles. The van der Waals surface area contributed by atoms with Crippen molar-refractivity contribution in [1.82, 2.24) is 15.3 Å². The number of hydrogen-bond acceptors (Lipinski definition) is 21. The van der Waals surface area contributed by atoms with Crippen molar-refractivity contribution < 1.29 is 72.5 Å². The molecule has 2 aromatic heterocycles. The number of carbonyl (C=O) groups is 5. The fourth-order valence-electron chi connectivity index (χ4n) is 10.6. The van der Waals surface area contributed by atoms with Crippen LogP contribution in [0.15, 0.2) is 71.1 Å². The molecule has 20 nitrogen and oxygen atoms in total. The van der Waals surface area contributed by atoms with Gasteiger partial charge in [0.1, 0.15) is 39.7 Å². The number of rotatable bonds is 17. The Labute approximate surface area is 449 Å². The van der Waals surface area contributed by atoms with Crippen LogP contribution in [0.2, 0.25) is 0 Å². The number of hydrogen-bond donors (Lipinski definition) is 6. The Kier molecular flexibility index (Phi) is 15.8. The fourth-order valence-corrected chi connectivity index (χ4v) is 12.6. The normalized spacial score (nSPS) is 22.0. The van der Waals surface area contributed by atoms with E-state index in [2.05, 4.69) is 10.2 Å². The second-order valence-corrected chi connectivity index (χ2v) is 22.3. The van der Waals surface area contributed by atoms with Crippen LogP contribution in [0.5, 0.6) is 23.0 Å². The molecule has 7 N–H and O–H groups in total. The molecule has 4 aromatic carbocycles. The van der Waals surface area contributed by atoms with Crippen molar-refractivity contribution in [2.24, 2.45) is 11.7 Å². The summed E-state index contributed by atoms with van der Waals surface area (Å²) >= 11 is 0. The predicted octanol–water partition coefficient (Wildman–Crippen LogP) is 6.36. The number of furan rings is 1. The number of nitrogens with two attached hydrogens (primary N) is 1. The van der Waals surface area contributed by atoms with E-state index < -0.39 is 101 Å². The van der Waals surface area contributed by atoms with Gasteiger partial charge in [0.15, 0.2) is 29.6 Å². The van der Waals surface area contributed by atoms with Gasteiger partial charge in [0.25, 0.3) is 0 Å². The van der Waals surface area contributed by atoms with E-state index in [4.69, 9.17) is 43.8 Å². The summed E-state index contributed by atoms with van der Waals surface area (Å²) < 4.78 is 34.6. The van der Waals surface area contributed by atoms with Gasteiger partial charge in [-0.15, -0.1) is 0 Å². The molecule has 4 aliphatic rings. The summed E-state index contributed by atoms with van der Waals surface area (Å²) in [4.78, 5) is 79.6. The largest absolute Gasteiger partial charge is 0.507 e. The van der Waals surface area contributed by atoms with Crippen LogP contribution in [0.3, 0.4) is 0 Å². The predicted molar refractivity (Wildman–Crippen MR) is 285 cm³/mol. The third-order valence-electron chi connectivity index (χ3n) is 14.5. The van der Waals surface area contributed by atoms with E-state index in [1.807, 2.05) is 30.3 Å². The highest BCUT2D eigenvalue weighted by molar-refractivity contribution is 8.76. The smallest absolute Gasteiger partial charge is 0.412 e. The third-order valence-corrected chi connectivity index (χ3v) is 17.0. The average molecular weight is 1090 g/mol. The minimum Gasteiger partial charge on any atom is -0.507 e. The summed E-state index contributed by atoms with van der Waals surface area (Å²) in [5, 5.41) is 50.0. The van der Waals surface area contributed by atoms with E-state index in [0.717, 1.165) is 5.39 Å². The molecule has 404 valence electrons. The molecular formula is C55H57N5O15S2. The van der Waals surface area contributed by atoms with Crippen LogP contribution in [0.1, 0.15) is 88.1 Å². The number of aliphatic hydroxyl groups excluding tert-OH is 1. The van der Waals surface area contributed by atoms with Gasteiger partial charge in [-0.3, -0.25) is 19.2 Å². The number of morpholine rings is 1. The summed E-state index contributed by atoms with van der Waals surface area (Å²) in [5.74, 6) is -2.26. The third kappa shape index (κ3) is 10.8. The first-order chi connectivity index (χ1) is 37.1. The van der Waals surface area contributed by atoms with Crippen LogP contribution in [0.4, 0.5) is 10.6 Å². The number of ketones is 3. The molecule has 2 fully saturated rings. The molecule has 3 aliphatic carbocycles. The molecule has 77 heavy (non-hydrogen) atoms. The second-order valence-electron chi connectivity index (χ2n) is 19.6. The van der Waals surface area contributed by atoms with Crippen molar-refractivity contribution in [2.75, 3.05) is 63.0 Å². The summed E-state index contributed by atoms with van der Waals surface area (Å²) in [7, 11) is 4.28. The highest BCUT2D eigenvalue weighted by Crippen LogP contribution is 2.53. The highest BCUT2D eigenvalue weighted by Gasteiger charge is 2.50.